The summed E-state index contributed by atoms with van der Waals surface area (Å²) in [6, 6.07) is 0. The van der Waals surface area contributed by atoms with Crippen molar-refractivity contribution in [1.29, 1.82) is 0 Å². The van der Waals surface area contributed by atoms with Crippen LogP contribution in [0.2, 0.25) is 0 Å². The SMILES string of the molecule is CS(=O)(=O)OC(=O)C(=NOCC(F)F)c1nsc(N)n1. The van der Waals surface area contributed by atoms with E-state index in [0.717, 1.165) is 0 Å². The van der Waals surface area contributed by atoms with Crippen LogP contribution < -0.4 is 5.73 Å². The maximum atomic E-state index is 11.9. The van der Waals surface area contributed by atoms with Gasteiger partial charge in [0.2, 0.25) is 11.5 Å². The van der Waals surface area contributed by atoms with Gasteiger partial charge in [0.05, 0.1) is 6.26 Å². The summed E-state index contributed by atoms with van der Waals surface area (Å²) in [5.41, 5.74) is 4.49. The van der Waals surface area contributed by atoms with Crippen molar-refractivity contribution >= 4 is 38.5 Å². The van der Waals surface area contributed by atoms with Gasteiger partial charge in [-0.05, 0) is 0 Å². The quantitative estimate of drug-likeness (QED) is 0.423. The highest BCUT2D eigenvalue weighted by atomic mass is 32.2. The molecule has 0 amide bonds. The molecule has 0 aliphatic carbocycles. The lowest BCUT2D eigenvalue weighted by Crippen LogP contribution is -2.23. The number of carbonyl (C=O) groups is 1. The molecule has 13 heteroatoms. The van der Waals surface area contributed by atoms with Gasteiger partial charge >= 0.3 is 16.1 Å². The second-order valence-electron chi connectivity index (χ2n) is 3.16. The highest BCUT2D eigenvalue weighted by Crippen LogP contribution is 2.09. The summed E-state index contributed by atoms with van der Waals surface area (Å²) in [5.74, 6) is -1.87. The Labute approximate surface area is 115 Å². The monoisotopic (exact) mass is 330 g/mol. The molecule has 1 aromatic rings. The predicted octanol–water partition coefficient (Wildman–Crippen LogP) is -0.391. The summed E-state index contributed by atoms with van der Waals surface area (Å²) < 4.78 is 53.1. The zero-order valence-electron chi connectivity index (χ0n) is 9.82. The minimum atomic E-state index is -4.13. The third-order valence-electron chi connectivity index (χ3n) is 1.43. The molecule has 0 saturated heterocycles. The summed E-state index contributed by atoms with van der Waals surface area (Å²) >= 11 is 0.683. The molecule has 0 aliphatic heterocycles. The average molecular weight is 330 g/mol. The Bertz CT molecular complexity index is 614. The molecule has 0 aliphatic rings. The van der Waals surface area contributed by atoms with Crippen LogP contribution in [0.25, 0.3) is 0 Å². The number of hydrogen-bond donors (Lipinski definition) is 1. The summed E-state index contributed by atoms with van der Waals surface area (Å²) in [5, 5.41) is 3.01. The number of anilines is 1. The van der Waals surface area contributed by atoms with Crippen molar-refractivity contribution in [3.8, 4) is 0 Å². The molecule has 9 nitrogen and oxygen atoms in total. The molecule has 1 heterocycles. The molecule has 2 N–H and O–H groups in total. The van der Waals surface area contributed by atoms with Crippen LogP contribution in [0.4, 0.5) is 13.9 Å². The van der Waals surface area contributed by atoms with Crippen molar-refractivity contribution in [1.82, 2.24) is 9.36 Å². The summed E-state index contributed by atoms with van der Waals surface area (Å²) in [6.45, 7) is -1.10. The fourth-order valence-corrected chi connectivity index (χ4v) is 1.62. The smallest absolute Gasteiger partial charge is 0.379 e. The topological polar surface area (TPSA) is 134 Å². The van der Waals surface area contributed by atoms with E-state index < -0.39 is 40.7 Å². The number of aromatic nitrogens is 2. The highest BCUT2D eigenvalue weighted by Gasteiger charge is 2.25. The highest BCUT2D eigenvalue weighted by molar-refractivity contribution is 7.86. The zero-order valence-corrected chi connectivity index (χ0v) is 11.5. The molecule has 0 fully saturated rings. The Balaban J connectivity index is 2.98. The lowest BCUT2D eigenvalue weighted by atomic mass is 10.4. The first-order chi connectivity index (χ1) is 9.19. The van der Waals surface area contributed by atoms with Crippen molar-refractivity contribution in [3.63, 3.8) is 0 Å². The number of oxime groups is 1. The molecule has 0 bridgehead atoms. The van der Waals surface area contributed by atoms with E-state index in [-0.39, 0.29) is 5.13 Å². The largest absolute Gasteiger partial charge is 0.389 e. The average Bonchev–Trinajstić information content (AvgIpc) is 2.68. The van der Waals surface area contributed by atoms with Crippen LogP contribution in [-0.2, 0) is 23.9 Å². The Kier molecular flexibility index (Phi) is 5.26. The summed E-state index contributed by atoms with van der Waals surface area (Å²) in [4.78, 5) is 19.3. The van der Waals surface area contributed by atoms with Gasteiger partial charge in [-0.1, -0.05) is 5.16 Å². The van der Waals surface area contributed by atoms with Gasteiger partial charge < -0.3 is 14.8 Å². The fraction of sp³-hybridized carbons (Fsp3) is 0.429. The van der Waals surface area contributed by atoms with Crippen molar-refractivity contribution in [3.05, 3.63) is 5.82 Å². The van der Waals surface area contributed by atoms with Crippen LogP contribution >= 0.6 is 11.5 Å². The summed E-state index contributed by atoms with van der Waals surface area (Å²) in [7, 11) is -4.13. The van der Waals surface area contributed by atoms with Gasteiger partial charge in [0.25, 0.3) is 6.43 Å². The van der Waals surface area contributed by atoms with Gasteiger partial charge in [-0.25, -0.2) is 13.6 Å². The number of carbonyl (C=O) groups excluding carboxylic acids is 1. The van der Waals surface area contributed by atoms with Crippen LogP contribution in [0.1, 0.15) is 5.82 Å². The molecule has 1 rings (SSSR count). The van der Waals surface area contributed by atoms with Crippen molar-refractivity contribution in [2.24, 2.45) is 5.16 Å². The number of hydrogen-bond acceptors (Lipinski definition) is 10. The number of alkyl halides is 2. The Morgan fingerprint density at radius 3 is 2.65 bits per heavy atom. The molecule has 0 saturated carbocycles. The fourth-order valence-electron chi connectivity index (χ4n) is 0.836. The van der Waals surface area contributed by atoms with E-state index in [4.69, 9.17) is 5.73 Å². The number of nitrogens with two attached hydrogens (primary N) is 1. The van der Waals surface area contributed by atoms with E-state index in [9.17, 15) is 22.0 Å². The Morgan fingerprint density at radius 2 is 2.20 bits per heavy atom. The first-order valence-corrected chi connectivity index (χ1v) is 7.29. The van der Waals surface area contributed by atoms with Gasteiger partial charge in [0, 0.05) is 11.5 Å². The molecular formula is C7H8F2N4O5S2. The van der Waals surface area contributed by atoms with E-state index >= 15 is 0 Å². The van der Waals surface area contributed by atoms with Crippen molar-refractivity contribution in [2.45, 2.75) is 6.43 Å². The predicted molar refractivity (Wildman–Crippen MR) is 63.8 cm³/mol. The van der Waals surface area contributed by atoms with Crippen molar-refractivity contribution < 1.29 is 31.0 Å². The molecule has 0 atom stereocenters. The number of nitrogens with zero attached hydrogens (tertiary/aromatic N) is 3. The first kappa shape index (κ1) is 16.2. The first-order valence-electron chi connectivity index (χ1n) is 4.70. The lowest BCUT2D eigenvalue weighted by molar-refractivity contribution is -0.126. The second-order valence-corrected chi connectivity index (χ2v) is 5.52. The Morgan fingerprint density at radius 1 is 1.55 bits per heavy atom. The number of rotatable bonds is 6. The second kappa shape index (κ2) is 6.51. The maximum absolute atomic E-state index is 11.9. The summed E-state index contributed by atoms with van der Waals surface area (Å²) in [6.07, 6.45) is -2.22. The van der Waals surface area contributed by atoms with E-state index in [2.05, 4.69) is 23.5 Å². The van der Waals surface area contributed by atoms with E-state index in [1.807, 2.05) is 0 Å². The lowest BCUT2D eigenvalue weighted by Gasteiger charge is -2.03. The van der Waals surface area contributed by atoms with Gasteiger partial charge in [-0.2, -0.15) is 17.8 Å². The molecule has 20 heavy (non-hydrogen) atoms. The van der Waals surface area contributed by atoms with Gasteiger partial charge in [0.1, 0.15) is 0 Å². The minimum Gasteiger partial charge on any atom is -0.389 e. The zero-order chi connectivity index (χ0) is 15.3. The van der Waals surface area contributed by atoms with Crippen LogP contribution in [-0.4, -0.2) is 48.7 Å². The molecule has 1 aromatic heterocycles. The molecule has 112 valence electrons. The van der Waals surface area contributed by atoms with E-state index in [0.29, 0.717) is 17.8 Å². The molecule has 0 unspecified atom stereocenters. The molecule has 0 aromatic carbocycles. The molecule has 0 spiro atoms. The molecular weight excluding hydrogens is 322 g/mol. The van der Waals surface area contributed by atoms with Crippen molar-refractivity contribution in [2.75, 3.05) is 18.6 Å². The van der Waals surface area contributed by atoms with E-state index in [1.54, 1.807) is 0 Å². The molecule has 0 radical (unpaired) electrons. The number of nitrogen functional groups attached to an aromatic ring is 1. The number of halogens is 2. The van der Waals surface area contributed by atoms with Crippen LogP contribution in [0, 0.1) is 0 Å². The Hall–Kier alpha value is -1.89. The third-order valence-corrected chi connectivity index (χ3v) is 2.43. The van der Waals surface area contributed by atoms with E-state index in [1.165, 1.54) is 0 Å². The van der Waals surface area contributed by atoms with Crippen LogP contribution in [0.3, 0.4) is 0 Å². The van der Waals surface area contributed by atoms with Crippen LogP contribution in [0.15, 0.2) is 5.16 Å². The third kappa shape index (κ3) is 5.40. The van der Waals surface area contributed by atoms with Gasteiger partial charge in [-0.15, -0.1) is 0 Å². The maximum Gasteiger partial charge on any atom is 0.379 e. The van der Waals surface area contributed by atoms with Gasteiger partial charge in [-0.3, -0.25) is 0 Å². The standard InChI is InChI=1S/C7H8F2N4O5S2/c1-20(15,16)18-6(14)4(12-17-2-3(8)9)5-11-7(10)19-13-5/h3H,2H2,1H3,(H2,10,11,13). The van der Waals surface area contributed by atoms with Gasteiger partial charge in [0.15, 0.2) is 11.7 Å². The normalized spacial score (nSPS) is 12.5. The van der Waals surface area contributed by atoms with Crippen LogP contribution in [0.5, 0.6) is 0 Å². The minimum absolute atomic E-state index is 0.0475.